The van der Waals surface area contributed by atoms with Crippen molar-refractivity contribution in [3.05, 3.63) is 89.6 Å². The summed E-state index contributed by atoms with van der Waals surface area (Å²) in [4.78, 5) is 7.97. The molecule has 8 heteroatoms. The lowest BCUT2D eigenvalue weighted by Gasteiger charge is -2.02. The second-order valence-corrected chi connectivity index (χ2v) is 8.12. The molecule has 0 saturated heterocycles. The van der Waals surface area contributed by atoms with E-state index in [-0.39, 0.29) is 0 Å². The van der Waals surface area contributed by atoms with Gasteiger partial charge in [0.15, 0.2) is 23.3 Å². The maximum absolute atomic E-state index is 12.6. The Bertz CT molecular complexity index is 766. The first-order valence-corrected chi connectivity index (χ1v) is 10.1. The van der Waals surface area contributed by atoms with Gasteiger partial charge in [-0.05, 0) is 95.1 Å². The number of nitrogens with zero attached hydrogens (tertiary/aromatic N) is 2. The number of benzene rings is 1. The predicted molar refractivity (Wildman–Crippen MR) is 119 cm³/mol. The Morgan fingerprint density at radius 1 is 0.536 bits per heavy atom. The Morgan fingerprint density at radius 2 is 0.750 bits per heavy atom. The molecule has 2 aromatic heterocycles. The Kier molecular flexibility index (Phi) is 10.3. The molecule has 1 aromatic carbocycles. The molecular formula is C20H18F4I2N2. The highest BCUT2D eigenvalue weighted by molar-refractivity contribution is 14.1. The van der Waals surface area contributed by atoms with Crippen LogP contribution >= 0.6 is 45.2 Å². The van der Waals surface area contributed by atoms with Crippen LogP contribution in [0.3, 0.4) is 0 Å². The summed E-state index contributed by atoms with van der Waals surface area (Å²) in [5.74, 6) is -5.39. The second kappa shape index (κ2) is 11.6. The molecule has 3 aromatic rings. The maximum atomic E-state index is 12.6. The maximum Gasteiger partial charge on any atom is 0.176 e. The van der Waals surface area contributed by atoms with Crippen molar-refractivity contribution in [2.24, 2.45) is 0 Å². The Labute approximate surface area is 189 Å². The third-order valence-corrected chi connectivity index (χ3v) is 5.07. The molecule has 2 heterocycles. The van der Waals surface area contributed by atoms with Crippen molar-refractivity contribution in [1.82, 2.24) is 9.97 Å². The molecular weight excluding hydrogens is 598 g/mol. The van der Waals surface area contributed by atoms with Crippen molar-refractivity contribution in [3.63, 3.8) is 0 Å². The normalized spacial score (nSPS) is 9.79. The van der Waals surface area contributed by atoms with Crippen molar-refractivity contribution >= 4 is 45.2 Å². The first-order chi connectivity index (χ1) is 13.0. The standard InChI is InChI=1S/2C7H9N.C6F4I2/c2*1-6-3-7(2)5-8-4-6;7-1-2(8)6(12)4(10)3(9)5(1)11/h2*3-5H,1-2H3;. The van der Waals surface area contributed by atoms with Crippen LogP contribution in [0.15, 0.2) is 36.9 Å². The van der Waals surface area contributed by atoms with Gasteiger partial charge in [-0.15, -0.1) is 0 Å². The number of aryl methyl sites for hydroxylation is 4. The number of hydrogen-bond donors (Lipinski definition) is 0. The topological polar surface area (TPSA) is 25.8 Å². The van der Waals surface area contributed by atoms with Crippen LogP contribution in [-0.4, -0.2) is 9.97 Å². The van der Waals surface area contributed by atoms with E-state index < -0.39 is 30.4 Å². The molecule has 0 spiro atoms. The van der Waals surface area contributed by atoms with E-state index in [1.165, 1.54) is 67.4 Å². The zero-order chi connectivity index (χ0) is 21.4. The van der Waals surface area contributed by atoms with Gasteiger partial charge in [-0.3, -0.25) is 9.97 Å². The van der Waals surface area contributed by atoms with E-state index in [1.807, 2.05) is 52.5 Å². The van der Waals surface area contributed by atoms with E-state index in [2.05, 4.69) is 22.1 Å². The van der Waals surface area contributed by atoms with E-state index >= 15 is 0 Å². The van der Waals surface area contributed by atoms with Crippen molar-refractivity contribution in [3.8, 4) is 0 Å². The second-order valence-electron chi connectivity index (χ2n) is 5.96. The molecule has 150 valence electrons. The molecule has 0 aliphatic heterocycles. The fourth-order valence-electron chi connectivity index (χ4n) is 1.99. The zero-order valence-corrected chi connectivity index (χ0v) is 19.9. The van der Waals surface area contributed by atoms with Gasteiger partial charge in [0.25, 0.3) is 0 Å². The molecule has 3 rings (SSSR count). The van der Waals surface area contributed by atoms with Gasteiger partial charge in [0.05, 0.1) is 7.14 Å². The summed E-state index contributed by atoms with van der Waals surface area (Å²) in [5, 5.41) is 0. The Balaban J connectivity index is 0.000000217. The van der Waals surface area contributed by atoms with E-state index in [9.17, 15) is 17.6 Å². The lowest BCUT2D eigenvalue weighted by Crippen LogP contribution is -2.02. The van der Waals surface area contributed by atoms with Crippen LogP contribution in [0.5, 0.6) is 0 Å². The summed E-state index contributed by atoms with van der Waals surface area (Å²) in [7, 11) is 0. The number of pyridine rings is 2. The first-order valence-electron chi connectivity index (χ1n) is 7.98. The summed E-state index contributed by atoms with van der Waals surface area (Å²) in [6.07, 6.45) is 7.42. The fourth-order valence-corrected chi connectivity index (χ4v) is 2.94. The summed E-state index contributed by atoms with van der Waals surface area (Å²) in [6, 6.07) is 4.21. The van der Waals surface area contributed by atoms with E-state index in [0.29, 0.717) is 0 Å². The Morgan fingerprint density at radius 3 is 0.893 bits per heavy atom. The van der Waals surface area contributed by atoms with Crippen molar-refractivity contribution in [2.75, 3.05) is 0 Å². The van der Waals surface area contributed by atoms with Crippen molar-refractivity contribution in [2.45, 2.75) is 27.7 Å². The minimum absolute atomic E-state index is 0.664. The molecule has 0 bridgehead atoms. The highest BCUT2D eigenvalue weighted by Crippen LogP contribution is 2.25. The van der Waals surface area contributed by atoms with Crippen LogP contribution in [0.1, 0.15) is 22.3 Å². The third kappa shape index (κ3) is 7.61. The average Bonchev–Trinajstić information content (AvgIpc) is 2.64. The van der Waals surface area contributed by atoms with Gasteiger partial charge in [-0.1, -0.05) is 12.1 Å². The SMILES string of the molecule is Cc1cncc(C)c1.Cc1cncc(C)c1.Fc1c(F)c(I)c(F)c(F)c1I. The summed E-state index contributed by atoms with van der Waals surface area (Å²) in [5.41, 5.74) is 4.91. The number of aromatic nitrogens is 2. The smallest absolute Gasteiger partial charge is 0.176 e. The molecule has 28 heavy (non-hydrogen) atoms. The zero-order valence-electron chi connectivity index (χ0n) is 15.6. The average molecular weight is 616 g/mol. The van der Waals surface area contributed by atoms with Gasteiger partial charge >= 0.3 is 0 Å². The monoisotopic (exact) mass is 616 g/mol. The van der Waals surface area contributed by atoms with Gasteiger partial charge < -0.3 is 0 Å². The van der Waals surface area contributed by atoms with Crippen LogP contribution in [-0.2, 0) is 0 Å². The van der Waals surface area contributed by atoms with Crippen LogP contribution in [0.4, 0.5) is 17.6 Å². The molecule has 0 atom stereocenters. The molecule has 0 N–H and O–H groups in total. The van der Waals surface area contributed by atoms with Gasteiger partial charge in [-0.2, -0.15) is 0 Å². The molecule has 0 radical (unpaired) electrons. The molecule has 0 amide bonds. The van der Waals surface area contributed by atoms with Crippen LogP contribution in [0, 0.1) is 58.1 Å². The van der Waals surface area contributed by atoms with Gasteiger partial charge in [0.2, 0.25) is 0 Å². The predicted octanol–water partition coefficient (Wildman–Crippen LogP) is 6.85. The van der Waals surface area contributed by atoms with Crippen LogP contribution in [0.2, 0.25) is 0 Å². The highest BCUT2D eigenvalue weighted by Gasteiger charge is 2.21. The van der Waals surface area contributed by atoms with E-state index in [0.717, 1.165) is 0 Å². The fraction of sp³-hybridized carbons (Fsp3) is 0.200. The van der Waals surface area contributed by atoms with Crippen LogP contribution in [0.25, 0.3) is 0 Å². The Hall–Kier alpha value is -1.30. The molecule has 0 fully saturated rings. The molecule has 0 aliphatic carbocycles. The third-order valence-electron chi connectivity index (χ3n) is 3.18. The summed E-state index contributed by atoms with van der Waals surface area (Å²) < 4.78 is 49.2. The number of rotatable bonds is 0. The van der Waals surface area contributed by atoms with Crippen molar-refractivity contribution in [1.29, 1.82) is 0 Å². The van der Waals surface area contributed by atoms with Gasteiger partial charge in [0, 0.05) is 24.8 Å². The lowest BCUT2D eigenvalue weighted by molar-refractivity contribution is 0.437. The van der Waals surface area contributed by atoms with Gasteiger partial charge in [-0.25, -0.2) is 17.6 Å². The molecule has 0 saturated carbocycles. The first kappa shape index (κ1) is 24.7. The van der Waals surface area contributed by atoms with Crippen LogP contribution < -0.4 is 0 Å². The van der Waals surface area contributed by atoms with Crippen molar-refractivity contribution < 1.29 is 17.6 Å². The minimum Gasteiger partial charge on any atom is -0.264 e. The molecule has 0 aliphatic rings. The van der Waals surface area contributed by atoms with Gasteiger partial charge in [0.1, 0.15) is 0 Å². The minimum atomic E-state index is -1.35. The number of hydrogen-bond acceptors (Lipinski definition) is 2. The summed E-state index contributed by atoms with van der Waals surface area (Å²) in [6.45, 7) is 8.17. The lowest BCUT2D eigenvalue weighted by atomic mass is 10.2. The molecule has 0 unspecified atom stereocenters. The largest absolute Gasteiger partial charge is 0.264 e. The highest BCUT2D eigenvalue weighted by atomic mass is 127. The number of halogens is 6. The molecule has 2 nitrogen and oxygen atoms in total. The quantitative estimate of drug-likeness (QED) is 0.120. The van der Waals surface area contributed by atoms with E-state index in [4.69, 9.17) is 0 Å². The van der Waals surface area contributed by atoms with E-state index in [1.54, 1.807) is 0 Å². The summed E-state index contributed by atoms with van der Waals surface area (Å²) >= 11 is 2.41.